The quantitative estimate of drug-likeness (QED) is 0.530. The van der Waals surface area contributed by atoms with Crippen LogP contribution in [0.4, 0.5) is 0 Å². The number of fused-ring (bicyclic) bond motifs is 1. The van der Waals surface area contributed by atoms with Gasteiger partial charge in [-0.25, -0.2) is 4.79 Å². The van der Waals surface area contributed by atoms with Crippen molar-refractivity contribution in [3.63, 3.8) is 0 Å². The molecule has 0 spiro atoms. The lowest BCUT2D eigenvalue weighted by Crippen LogP contribution is -2.10. The van der Waals surface area contributed by atoms with E-state index < -0.39 is 5.63 Å². The second-order valence-corrected chi connectivity index (χ2v) is 5.92. The number of halogens is 1. The molecule has 2 aromatic carbocycles. The first-order valence-corrected chi connectivity index (χ1v) is 7.83. The summed E-state index contributed by atoms with van der Waals surface area (Å²) in [5.41, 5.74) is 2.20. The van der Waals surface area contributed by atoms with Crippen molar-refractivity contribution in [3.8, 4) is 0 Å². The molecule has 0 aliphatic heterocycles. The number of hydrogen-bond donors (Lipinski definition) is 0. The number of benzene rings is 2. The Bertz CT molecular complexity index is 945. The van der Waals surface area contributed by atoms with Gasteiger partial charge in [0, 0.05) is 22.0 Å². The summed E-state index contributed by atoms with van der Waals surface area (Å²) in [6.45, 7) is 1.82. The zero-order chi connectivity index (χ0) is 17.1. The summed E-state index contributed by atoms with van der Waals surface area (Å²) in [5, 5.41) is 1.23. The van der Waals surface area contributed by atoms with Crippen molar-refractivity contribution < 1.29 is 13.9 Å². The summed E-state index contributed by atoms with van der Waals surface area (Å²) in [5.74, 6) is -0.360. The Kier molecular flexibility index (Phi) is 4.67. The standard InChI is InChI=1S/C19H15ClO4/c1-12-7-17-15(10-16(12)20)14(9-19(22)24-17)11-23-18(21)8-13-5-3-2-4-6-13/h2-7,9-10H,8,11H2,1H3. The average molecular weight is 343 g/mol. The van der Waals surface area contributed by atoms with Crippen molar-refractivity contribution in [2.45, 2.75) is 20.0 Å². The van der Waals surface area contributed by atoms with Crippen molar-refractivity contribution in [2.24, 2.45) is 0 Å². The van der Waals surface area contributed by atoms with Gasteiger partial charge in [-0.2, -0.15) is 0 Å². The van der Waals surface area contributed by atoms with E-state index in [1.54, 1.807) is 12.1 Å². The summed E-state index contributed by atoms with van der Waals surface area (Å²) in [6, 6.07) is 14.1. The van der Waals surface area contributed by atoms with Crippen LogP contribution < -0.4 is 5.63 Å². The van der Waals surface area contributed by atoms with E-state index in [1.807, 2.05) is 37.3 Å². The SMILES string of the molecule is Cc1cc2oc(=O)cc(COC(=O)Cc3ccccc3)c2cc1Cl. The molecule has 0 saturated carbocycles. The second kappa shape index (κ2) is 6.89. The molecule has 0 radical (unpaired) electrons. The fourth-order valence-corrected chi connectivity index (χ4v) is 2.60. The number of esters is 1. The molecule has 0 atom stereocenters. The third-order valence-electron chi connectivity index (χ3n) is 3.69. The van der Waals surface area contributed by atoms with Crippen LogP contribution in [0.1, 0.15) is 16.7 Å². The molecule has 1 aromatic heterocycles. The monoisotopic (exact) mass is 342 g/mol. The van der Waals surface area contributed by atoms with Gasteiger partial charge in [-0.15, -0.1) is 0 Å². The number of ether oxygens (including phenoxy) is 1. The molecule has 1 heterocycles. The summed E-state index contributed by atoms with van der Waals surface area (Å²) in [7, 11) is 0. The van der Waals surface area contributed by atoms with E-state index >= 15 is 0 Å². The minimum absolute atomic E-state index is 0.00679. The molecular weight excluding hydrogens is 328 g/mol. The second-order valence-electron chi connectivity index (χ2n) is 5.51. The molecule has 0 aliphatic rings. The third kappa shape index (κ3) is 3.66. The topological polar surface area (TPSA) is 56.5 Å². The van der Waals surface area contributed by atoms with Crippen LogP contribution in [0.3, 0.4) is 0 Å². The van der Waals surface area contributed by atoms with E-state index in [0.717, 1.165) is 11.1 Å². The molecule has 0 fully saturated rings. The fraction of sp³-hybridized carbons (Fsp3) is 0.158. The lowest BCUT2D eigenvalue weighted by atomic mass is 10.1. The van der Waals surface area contributed by atoms with E-state index in [9.17, 15) is 9.59 Å². The van der Waals surface area contributed by atoms with E-state index in [0.29, 0.717) is 21.6 Å². The minimum Gasteiger partial charge on any atom is -0.461 e. The van der Waals surface area contributed by atoms with E-state index in [2.05, 4.69) is 0 Å². The van der Waals surface area contributed by atoms with Gasteiger partial charge < -0.3 is 9.15 Å². The predicted octanol–water partition coefficient (Wildman–Crippen LogP) is 4.04. The van der Waals surface area contributed by atoms with Gasteiger partial charge in [0.15, 0.2) is 0 Å². The fourth-order valence-electron chi connectivity index (χ4n) is 2.44. The summed E-state index contributed by atoms with van der Waals surface area (Å²) < 4.78 is 10.5. The van der Waals surface area contributed by atoms with Gasteiger partial charge >= 0.3 is 11.6 Å². The highest BCUT2D eigenvalue weighted by Crippen LogP contribution is 2.25. The minimum atomic E-state index is -0.488. The molecule has 0 unspecified atom stereocenters. The van der Waals surface area contributed by atoms with Crippen molar-refractivity contribution >= 4 is 28.5 Å². The molecule has 0 N–H and O–H groups in total. The highest BCUT2D eigenvalue weighted by Gasteiger charge is 2.11. The molecular formula is C19H15ClO4. The van der Waals surface area contributed by atoms with Crippen LogP contribution in [0.15, 0.2) is 57.7 Å². The molecule has 0 amide bonds. The van der Waals surface area contributed by atoms with E-state index in [1.165, 1.54) is 6.07 Å². The Morgan fingerprint density at radius 2 is 1.92 bits per heavy atom. The van der Waals surface area contributed by atoms with Crippen LogP contribution in [0.2, 0.25) is 5.02 Å². The molecule has 5 heteroatoms. The molecule has 4 nitrogen and oxygen atoms in total. The molecule has 0 saturated heterocycles. The molecule has 24 heavy (non-hydrogen) atoms. The van der Waals surface area contributed by atoms with Gasteiger partial charge in [-0.05, 0) is 30.2 Å². The highest BCUT2D eigenvalue weighted by molar-refractivity contribution is 6.32. The van der Waals surface area contributed by atoms with Gasteiger partial charge in [0.25, 0.3) is 0 Å². The van der Waals surface area contributed by atoms with Crippen molar-refractivity contribution in [1.82, 2.24) is 0 Å². The first-order valence-electron chi connectivity index (χ1n) is 7.45. The van der Waals surface area contributed by atoms with Crippen LogP contribution in [-0.4, -0.2) is 5.97 Å². The summed E-state index contributed by atoms with van der Waals surface area (Å²) in [4.78, 5) is 23.7. The Morgan fingerprint density at radius 1 is 1.17 bits per heavy atom. The lowest BCUT2D eigenvalue weighted by molar-refractivity contribution is -0.144. The smallest absolute Gasteiger partial charge is 0.336 e. The number of rotatable bonds is 4. The maximum Gasteiger partial charge on any atom is 0.336 e. The van der Waals surface area contributed by atoms with Crippen LogP contribution in [0.25, 0.3) is 11.0 Å². The van der Waals surface area contributed by atoms with Crippen molar-refractivity contribution in [2.75, 3.05) is 0 Å². The summed E-state index contributed by atoms with van der Waals surface area (Å²) >= 11 is 6.14. The van der Waals surface area contributed by atoms with Gasteiger partial charge in [0.2, 0.25) is 0 Å². The Balaban J connectivity index is 1.81. The number of hydrogen-bond acceptors (Lipinski definition) is 4. The van der Waals surface area contributed by atoms with E-state index in [-0.39, 0.29) is 19.0 Å². The first kappa shape index (κ1) is 16.3. The average Bonchev–Trinajstić information content (AvgIpc) is 2.55. The predicted molar refractivity (Wildman–Crippen MR) is 92.2 cm³/mol. The number of carbonyl (C=O) groups is 1. The van der Waals surface area contributed by atoms with Gasteiger partial charge in [0.05, 0.1) is 6.42 Å². The van der Waals surface area contributed by atoms with Gasteiger partial charge in [-0.3, -0.25) is 4.79 Å². The lowest BCUT2D eigenvalue weighted by Gasteiger charge is -2.08. The Hall–Kier alpha value is -2.59. The molecule has 3 rings (SSSR count). The number of aryl methyl sites for hydroxylation is 1. The molecule has 0 aliphatic carbocycles. The van der Waals surface area contributed by atoms with Crippen LogP contribution in [0.5, 0.6) is 0 Å². The maximum absolute atomic E-state index is 12.0. The molecule has 122 valence electrons. The number of carbonyl (C=O) groups excluding carboxylic acids is 1. The largest absolute Gasteiger partial charge is 0.461 e. The third-order valence-corrected chi connectivity index (χ3v) is 4.10. The highest BCUT2D eigenvalue weighted by atomic mass is 35.5. The van der Waals surface area contributed by atoms with E-state index in [4.69, 9.17) is 20.8 Å². The van der Waals surface area contributed by atoms with Crippen molar-refractivity contribution in [3.05, 3.63) is 80.7 Å². The van der Waals surface area contributed by atoms with Crippen LogP contribution in [0, 0.1) is 6.92 Å². The zero-order valence-electron chi connectivity index (χ0n) is 13.0. The first-order chi connectivity index (χ1) is 11.5. The van der Waals surface area contributed by atoms with Gasteiger partial charge in [-0.1, -0.05) is 41.9 Å². The molecule has 3 aromatic rings. The maximum atomic E-state index is 12.0. The normalized spacial score (nSPS) is 10.8. The Morgan fingerprint density at radius 3 is 2.67 bits per heavy atom. The van der Waals surface area contributed by atoms with Crippen LogP contribution >= 0.6 is 11.6 Å². The Labute approximate surface area is 143 Å². The zero-order valence-corrected chi connectivity index (χ0v) is 13.8. The van der Waals surface area contributed by atoms with Gasteiger partial charge in [0.1, 0.15) is 12.2 Å². The molecule has 0 bridgehead atoms. The summed E-state index contributed by atoms with van der Waals surface area (Å²) in [6.07, 6.45) is 0.181. The van der Waals surface area contributed by atoms with Crippen LogP contribution in [-0.2, 0) is 22.6 Å². The van der Waals surface area contributed by atoms with Crippen molar-refractivity contribution in [1.29, 1.82) is 0 Å².